The lowest BCUT2D eigenvalue weighted by atomic mass is 10.1. The number of rotatable bonds is 8. The van der Waals surface area contributed by atoms with Crippen molar-refractivity contribution in [2.24, 2.45) is 0 Å². The quantitative estimate of drug-likeness (QED) is 0.386. The van der Waals surface area contributed by atoms with Gasteiger partial charge in [-0.1, -0.05) is 23.4 Å². The summed E-state index contributed by atoms with van der Waals surface area (Å²) in [7, 11) is 1.64. The van der Waals surface area contributed by atoms with E-state index in [2.05, 4.69) is 37.1 Å². The van der Waals surface area contributed by atoms with Crippen molar-refractivity contribution < 1.29 is 14.0 Å². The van der Waals surface area contributed by atoms with Crippen LogP contribution in [0.25, 0.3) is 22.4 Å². The summed E-state index contributed by atoms with van der Waals surface area (Å²) >= 11 is 0. The average molecular weight is 431 g/mol. The summed E-state index contributed by atoms with van der Waals surface area (Å²) < 4.78 is 16.3. The van der Waals surface area contributed by atoms with Crippen molar-refractivity contribution in [2.75, 3.05) is 26.9 Å². The van der Waals surface area contributed by atoms with Crippen molar-refractivity contribution in [1.82, 2.24) is 25.0 Å². The predicted molar refractivity (Wildman–Crippen MR) is 119 cm³/mol. The van der Waals surface area contributed by atoms with Crippen LogP contribution in [0.2, 0.25) is 0 Å². The van der Waals surface area contributed by atoms with Crippen LogP contribution in [0.1, 0.15) is 30.3 Å². The number of hydrogen-bond acceptors (Lipinski definition) is 8. The van der Waals surface area contributed by atoms with Gasteiger partial charge in [0.05, 0.1) is 18.2 Å². The van der Waals surface area contributed by atoms with Gasteiger partial charge in [-0.3, -0.25) is 14.9 Å². The Bertz CT molecular complexity index is 1190. The van der Waals surface area contributed by atoms with Crippen LogP contribution < -0.4 is 4.74 Å². The number of benzene rings is 1. The average Bonchev–Trinajstić information content (AvgIpc) is 3.49. The van der Waals surface area contributed by atoms with Gasteiger partial charge in [0.15, 0.2) is 0 Å². The highest BCUT2D eigenvalue weighted by Gasteiger charge is 2.31. The van der Waals surface area contributed by atoms with Crippen LogP contribution in [0.15, 0.2) is 59.4 Å². The molecule has 1 fully saturated rings. The molecule has 0 N–H and O–H groups in total. The lowest BCUT2D eigenvalue weighted by molar-refractivity contribution is 0.146. The zero-order valence-corrected chi connectivity index (χ0v) is 18.0. The summed E-state index contributed by atoms with van der Waals surface area (Å²) in [5, 5.41) is 5.34. The van der Waals surface area contributed by atoms with Gasteiger partial charge in [-0.05, 0) is 43.1 Å². The van der Waals surface area contributed by atoms with E-state index in [-0.39, 0.29) is 6.04 Å². The Morgan fingerprint density at radius 3 is 3.00 bits per heavy atom. The van der Waals surface area contributed by atoms with Crippen LogP contribution in [0, 0.1) is 0 Å². The third-order valence-electron chi connectivity index (χ3n) is 5.64. The van der Waals surface area contributed by atoms with E-state index in [1.165, 1.54) is 5.56 Å². The molecule has 0 spiro atoms. The third-order valence-corrected chi connectivity index (χ3v) is 5.64. The molecule has 0 saturated carbocycles. The minimum atomic E-state index is 0.0869. The van der Waals surface area contributed by atoms with Gasteiger partial charge in [0, 0.05) is 37.5 Å². The van der Waals surface area contributed by atoms with Crippen molar-refractivity contribution in [3.05, 3.63) is 66.3 Å². The molecule has 0 amide bonds. The molecule has 1 aliphatic heterocycles. The Hall–Kier alpha value is -3.36. The van der Waals surface area contributed by atoms with Gasteiger partial charge in [-0.2, -0.15) is 4.98 Å². The highest BCUT2D eigenvalue weighted by molar-refractivity contribution is 5.78. The molecule has 1 aromatic carbocycles. The number of para-hydroxylation sites is 1. The van der Waals surface area contributed by atoms with Gasteiger partial charge in [0.2, 0.25) is 11.7 Å². The Labute approximate surface area is 186 Å². The van der Waals surface area contributed by atoms with Crippen molar-refractivity contribution in [2.45, 2.75) is 25.4 Å². The zero-order valence-electron chi connectivity index (χ0n) is 18.0. The van der Waals surface area contributed by atoms with E-state index in [9.17, 15) is 0 Å². The van der Waals surface area contributed by atoms with Crippen molar-refractivity contribution in [3.8, 4) is 17.3 Å². The second-order valence-electron chi connectivity index (χ2n) is 7.84. The van der Waals surface area contributed by atoms with Crippen LogP contribution in [0.5, 0.6) is 5.75 Å². The van der Waals surface area contributed by atoms with E-state index in [4.69, 9.17) is 14.0 Å². The summed E-state index contributed by atoms with van der Waals surface area (Å²) in [6.45, 7) is 2.77. The first-order valence-electron chi connectivity index (χ1n) is 10.8. The number of nitrogens with zero attached hydrogens (tertiary/aromatic N) is 5. The molecule has 1 atom stereocenters. The van der Waals surface area contributed by atoms with E-state index < -0.39 is 0 Å². The van der Waals surface area contributed by atoms with Crippen molar-refractivity contribution >= 4 is 10.9 Å². The fourth-order valence-corrected chi connectivity index (χ4v) is 4.07. The van der Waals surface area contributed by atoms with Gasteiger partial charge < -0.3 is 14.0 Å². The summed E-state index contributed by atoms with van der Waals surface area (Å²) in [5.41, 5.74) is 2.81. The van der Waals surface area contributed by atoms with Gasteiger partial charge in [-0.15, -0.1) is 0 Å². The maximum atomic E-state index is 5.66. The van der Waals surface area contributed by atoms with Crippen molar-refractivity contribution in [1.29, 1.82) is 0 Å². The topological polar surface area (TPSA) is 86.4 Å². The first-order chi connectivity index (χ1) is 15.8. The lowest BCUT2D eigenvalue weighted by Gasteiger charge is -2.21. The van der Waals surface area contributed by atoms with Crippen LogP contribution in [-0.2, 0) is 11.3 Å². The van der Waals surface area contributed by atoms with E-state index in [0.29, 0.717) is 36.4 Å². The highest BCUT2D eigenvalue weighted by atomic mass is 16.5. The normalized spacial score (nSPS) is 16.6. The Kier molecular flexibility index (Phi) is 6.04. The first kappa shape index (κ1) is 20.5. The fraction of sp³-hybridized carbons (Fsp3) is 0.333. The molecule has 32 heavy (non-hydrogen) atoms. The summed E-state index contributed by atoms with van der Waals surface area (Å²) in [4.78, 5) is 16.0. The largest absolute Gasteiger partial charge is 0.491 e. The molecule has 4 heterocycles. The molecule has 0 radical (unpaired) electrons. The number of likely N-dealkylation sites (tertiary alicyclic amines) is 1. The molecule has 3 aromatic heterocycles. The predicted octanol–water partition coefficient (Wildman–Crippen LogP) is 4.04. The molecule has 8 heteroatoms. The Morgan fingerprint density at radius 2 is 2.06 bits per heavy atom. The maximum Gasteiger partial charge on any atom is 0.244 e. The van der Waals surface area contributed by atoms with Crippen LogP contribution in [-0.4, -0.2) is 51.9 Å². The fourth-order valence-electron chi connectivity index (χ4n) is 4.07. The van der Waals surface area contributed by atoms with Gasteiger partial charge in [0.25, 0.3) is 0 Å². The van der Waals surface area contributed by atoms with Gasteiger partial charge in [-0.25, -0.2) is 0 Å². The smallest absolute Gasteiger partial charge is 0.244 e. The molecule has 4 aromatic rings. The van der Waals surface area contributed by atoms with Gasteiger partial charge in [0.1, 0.15) is 18.1 Å². The molecular formula is C24H25N5O3. The molecular weight excluding hydrogens is 406 g/mol. The molecule has 164 valence electrons. The summed E-state index contributed by atoms with van der Waals surface area (Å²) in [6.07, 6.45) is 5.71. The third kappa shape index (κ3) is 4.46. The molecule has 0 bridgehead atoms. The number of pyridine rings is 2. The molecule has 1 unspecified atom stereocenters. The monoisotopic (exact) mass is 431 g/mol. The Balaban J connectivity index is 1.31. The van der Waals surface area contributed by atoms with E-state index in [1.807, 2.05) is 30.5 Å². The standard InChI is InChI=1S/C24H25N5O3/c1-30-11-12-31-19-8-9-25-21(14-19)23-27-24(32-28-23)22-7-4-10-29(22)16-17-13-18-5-2-3-6-20(18)26-15-17/h2-3,5-6,8-9,13-15,22H,4,7,10-12,16H2,1H3. The van der Waals surface area contributed by atoms with Crippen LogP contribution in [0.3, 0.4) is 0 Å². The maximum absolute atomic E-state index is 5.66. The van der Waals surface area contributed by atoms with Gasteiger partial charge >= 0.3 is 0 Å². The van der Waals surface area contributed by atoms with Crippen LogP contribution >= 0.6 is 0 Å². The lowest BCUT2D eigenvalue weighted by Crippen LogP contribution is -2.23. The minimum Gasteiger partial charge on any atom is -0.491 e. The van der Waals surface area contributed by atoms with E-state index >= 15 is 0 Å². The molecule has 0 aliphatic carbocycles. The number of ether oxygens (including phenoxy) is 2. The second-order valence-corrected chi connectivity index (χ2v) is 7.84. The SMILES string of the molecule is COCCOc1ccnc(-c2noc(C3CCCN3Cc3cnc4ccccc4c3)n2)c1. The molecule has 1 aliphatic rings. The molecule has 5 rings (SSSR count). The van der Waals surface area contributed by atoms with E-state index in [1.54, 1.807) is 19.4 Å². The summed E-state index contributed by atoms with van der Waals surface area (Å²) in [6, 6.07) is 14.1. The first-order valence-corrected chi connectivity index (χ1v) is 10.8. The number of methoxy groups -OCH3 is 1. The highest BCUT2D eigenvalue weighted by Crippen LogP contribution is 2.33. The Morgan fingerprint density at radius 1 is 1.12 bits per heavy atom. The number of fused-ring (bicyclic) bond motifs is 1. The minimum absolute atomic E-state index is 0.0869. The summed E-state index contributed by atoms with van der Waals surface area (Å²) in [5.74, 6) is 1.79. The van der Waals surface area contributed by atoms with Crippen molar-refractivity contribution in [3.63, 3.8) is 0 Å². The molecule has 8 nitrogen and oxygen atoms in total. The van der Waals surface area contributed by atoms with E-state index in [0.717, 1.165) is 36.8 Å². The zero-order chi connectivity index (χ0) is 21.8. The number of aromatic nitrogens is 4. The number of hydrogen-bond donors (Lipinski definition) is 0. The molecule has 1 saturated heterocycles. The van der Waals surface area contributed by atoms with Crippen LogP contribution in [0.4, 0.5) is 0 Å². The second kappa shape index (κ2) is 9.42.